The summed E-state index contributed by atoms with van der Waals surface area (Å²) < 4.78 is 0. The van der Waals surface area contributed by atoms with E-state index in [1.54, 1.807) is 11.8 Å². The summed E-state index contributed by atoms with van der Waals surface area (Å²) >= 11 is 1.79. The van der Waals surface area contributed by atoms with Crippen molar-refractivity contribution in [2.75, 3.05) is 6.54 Å². The van der Waals surface area contributed by atoms with E-state index in [-0.39, 0.29) is 11.2 Å². The minimum atomic E-state index is 0.116. The van der Waals surface area contributed by atoms with Crippen molar-refractivity contribution in [2.24, 2.45) is 0 Å². The molecule has 1 amide bonds. The molecule has 25 heavy (non-hydrogen) atoms. The molecule has 1 aliphatic heterocycles. The molecule has 0 N–H and O–H groups in total. The number of rotatable bonds is 3. The van der Waals surface area contributed by atoms with Crippen molar-refractivity contribution in [3.05, 3.63) is 102 Å². The van der Waals surface area contributed by atoms with Crippen LogP contribution in [0.2, 0.25) is 0 Å². The van der Waals surface area contributed by atoms with Gasteiger partial charge in [0.1, 0.15) is 0 Å². The second-order valence-corrected chi connectivity index (χ2v) is 7.43. The van der Waals surface area contributed by atoms with Gasteiger partial charge in [0.05, 0.1) is 10.8 Å². The molecule has 0 fully saturated rings. The smallest absolute Gasteiger partial charge is 0.255 e. The first-order chi connectivity index (χ1) is 12.3. The third-order valence-corrected chi connectivity index (χ3v) is 5.76. The van der Waals surface area contributed by atoms with Crippen molar-refractivity contribution < 1.29 is 4.79 Å². The first-order valence-corrected chi connectivity index (χ1v) is 9.33. The number of hydrogen-bond acceptors (Lipinski definition) is 2. The van der Waals surface area contributed by atoms with Gasteiger partial charge in [-0.1, -0.05) is 72.8 Å². The fourth-order valence-electron chi connectivity index (χ4n) is 3.17. The Labute approximate surface area is 152 Å². The third-order valence-electron chi connectivity index (χ3n) is 4.45. The molecule has 124 valence electrons. The van der Waals surface area contributed by atoms with Crippen molar-refractivity contribution in [3.8, 4) is 0 Å². The highest BCUT2D eigenvalue weighted by molar-refractivity contribution is 7.99. The first-order valence-electron chi connectivity index (χ1n) is 8.45. The monoisotopic (exact) mass is 345 g/mol. The summed E-state index contributed by atoms with van der Waals surface area (Å²) in [5, 5.41) is 0.234. The summed E-state index contributed by atoms with van der Waals surface area (Å²) in [5.74, 6) is 0.116. The quantitative estimate of drug-likeness (QED) is 0.652. The molecule has 3 aromatic rings. The van der Waals surface area contributed by atoms with Crippen molar-refractivity contribution in [3.63, 3.8) is 0 Å². The van der Waals surface area contributed by atoms with E-state index in [1.165, 1.54) is 5.56 Å². The van der Waals surface area contributed by atoms with Gasteiger partial charge in [-0.25, -0.2) is 0 Å². The average molecular weight is 345 g/mol. The molecule has 0 radical (unpaired) electrons. The molecular weight excluding hydrogens is 326 g/mol. The molecule has 1 unspecified atom stereocenters. The number of carbonyl (C=O) groups excluding carboxylic acids is 1. The second-order valence-electron chi connectivity index (χ2n) is 6.18. The molecule has 0 aliphatic carbocycles. The number of benzene rings is 3. The maximum Gasteiger partial charge on any atom is 0.255 e. The number of thioether (sulfide) groups is 1. The fraction of sp³-hybridized carbons (Fsp3) is 0.136. The van der Waals surface area contributed by atoms with Gasteiger partial charge >= 0.3 is 0 Å². The number of fused-ring (bicyclic) bond motifs is 1. The largest absolute Gasteiger partial charge is 0.333 e. The normalized spacial score (nSPS) is 17.0. The lowest BCUT2D eigenvalue weighted by Gasteiger charge is -2.24. The van der Waals surface area contributed by atoms with Gasteiger partial charge in [-0.05, 0) is 23.3 Å². The molecule has 3 heteroatoms. The third kappa shape index (κ3) is 3.47. The number of carbonyl (C=O) groups is 1. The Balaban J connectivity index is 1.71. The molecule has 0 saturated heterocycles. The first kappa shape index (κ1) is 16.0. The lowest BCUT2D eigenvalue weighted by atomic mass is 10.1. The summed E-state index contributed by atoms with van der Waals surface area (Å²) in [7, 11) is 0. The molecule has 3 aromatic carbocycles. The number of nitrogens with zero attached hydrogens (tertiary/aromatic N) is 1. The Kier molecular flexibility index (Phi) is 4.57. The van der Waals surface area contributed by atoms with Gasteiger partial charge in [0.15, 0.2) is 0 Å². The average Bonchev–Trinajstić information content (AvgIpc) is 2.81. The minimum absolute atomic E-state index is 0.116. The Morgan fingerprint density at radius 3 is 2.24 bits per heavy atom. The minimum Gasteiger partial charge on any atom is -0.333 e. The van der Waals surface area contributed by atoms with E-state index >= 15 is 0 Å². The van der Waals surface area contributed by atoms with Crippen molar-refractivity contribution in [2.45, 2.75) is 16.7 Å². The van der Waals surface area contributed by atoms with Gasteiger partial charge in [0, 0.05) is 18.0 Å². The predicted molar refractivity (Wildman–Crippen MR) is 103 cm³/mol. The van der Waals surface area contributed by atoms with Crippen LogP contribution in [0.15, 0.2) is 89.8 Å². The summed E-state index contributed by atoms with van der Waals surface area (Å²) in [6.07, 6.45) is 0. The predicted octanol–water partition coefficient (Wildman–Crippen LogP) is 5.18. The Bertz CT molecular complexity index is 863. The van der Waals surface area contributed by atoms with Crippen LogP contribution < -0.4 is 0 Å². The van der Waals surface area contributed by atoms with E-state index < -0.39 is 0 Å². The van der Waals surface area contributed by atoms with Crippen LogP contribution in [0.3, 0.4) is 0 Å². The van der Waals surface area contributed by atoms with Gasteiger partial charge in [0.2, 0.25) is 0 Å². The SMILES string of the molecule is O=C1c2ccccc2SC(c2ccccc2)CN1Cc1ccccc1. The molecule has 2 nitrogen and oxygen atoms in total. The van der Waals surface area contributed by atoms with E-state index in [9.17, 15) is 4.79 Å². The highest BCUT2D eigenvalue weighted by Gasteiger charge is 2.28. The summed E-state index contributed by atoms with van der Waals surface area (Å²) in [4.78, 5) is 16.2. The zero-order valence-corrected chi connectivity index (χ0v) is 14.7. The van der Waals surface area contributed by atoms with Crippen LogP contribution in [0.5, 0.6) is 0 Å². The van der Waals surface area contributed by atoms with E-state index in [2.05, 4.69) is 42.5 Å². The molecule has 1 atom stereocenters. The highest BCUT2D eigenvalue weighted by atomic mass is 32.2. The van der Waals surface area contributed by atoms with Gasteiger partial charge in [-0.15, -0.1) is 11.8 Å². The summed E-state index contributed by atoms with van der Waals surface area (Å²) in [5.41, 5.74) is 3.23. The van der Waals surface area contributed by atoms with Crippen molar-refractivity contribution in [1.29, 1.82) is 0 Å². The molecule has 1 heterocycles. The van der Waals surface area contributed by atoms with Gasteiger partial charge in [-0.3, -0.25) is 4.79 Å². The van der Waals surface area contributed by atoms with Crippen LogP contribution in [0.1, 0.15) is 26.7 Å². The molecule has 0 saturated carbocycles. The van der Waals surface area contributed by atoms with E-state index in [4.69, 9.17) is 0 Å². The topological polar surface area (TPSA) is 20.3 Å². The molecule has 0 bridgehead atoms. The van der Waals surface area contributed by atoms with Gasteiger partial charge < -0.3 is 4.90 Å². The maximum absolute atomic E-state index is 13.1. The lowest BCUT2D eigenvalue weighted by Crippen LogP contribution is -2.32. The fourth-order valence-corrected chi connectivity index (χ4v) is 4.47. The zero-order chi connectivity index (χ0) is 17.1. The number of hydrogen-bond donors (Lipinski definition) is 0. The van der Waals surface area contributed by atoms with E-state index in [0.717, 1.165) is 16.0 Å². The van der Waals surface area contributed by atoms with E-state index in [0.29, 0.717) is 13.1 Å². The lowest BCUT2D eigenvalue weighted by molar-refractivity contribution is 0.0743. The van der Waals surface area contributed by atoms with Crippen LogP contribution >= 0.6 is 11.8 Å². The molecule has 4 rings (SSSR count). The Morgan fingerprint density at radius 1 is 0.840 bits per heavy atom. The van der Waals surface area contributed by atoms with Gasteiger partial charge in [0.25, 0.3) is 5.91 Å². The van der Waals surface area contributed by atoms with Crippen LogP contribution in [0, 0.1) is 0 Å². The van der Waals surface area contributed by atoms with Crippen LogP contribution in [-0.4, -0.2) is 17.4 Å². The van der Waals surface area contributed by atoms with Crippen LogP contribution in [0.25, 0.3) is 0 Å². The Morgan fingerprint density at radius 2 is 1.48 bits per heavy atom. The van der Waals surface area contributed by atoms with Crippen molar-refractivity contribution >= 4 is 17.7 Å². The van der Waals surface area contributed by atoms with Crippen LogP contribution in [0.4, 0.5) is 0 Å². The Hall–Kier alpha value is -2.52. The standard InChI is InChI=1S/C22H19NOS/c24-22-19-13-7-8-14-20(19)25-21(18-11-5-2-6-12-18)16-23(22)15-17-9-3-1-4-10-17/h1-14,21H,15-16H2. The van der Waals surface area contributed by atoms with Gasteiger partial charge in [-0.2, -0.15) is 0 Å². The summed E-state index contributed by atoms with van der Waals surface area (Å²) in [6, 6.07) is 28.6. The maximum atomic E-state index is 13.1. The van der Waals surface area contributed by atoms with Crippen LogP contribution in [-0.2, 0) is 6.54 Å². The summed E-state index contributed by atoms with van der Waals surface area (Å²) in [6.45, 7) is 1.34. The zero-order valence-electron chi connectivity index (χ0n) is 13.8. The van der Waals surface area contributed by atoms with Crippen molar-refractivity contribution in [1.82, 2.24) is 4.90 Å². The number of amides is 1. The molecule has 0 aromatic heterocycles. The highest BCUT2D eigenvalue weighted by Crippen LogP contribution is 2.40. The second kappa shape index (κ2) is 7.16. The van der Waals surface area contributed by atoms with E-state index in [1.807, 2.05) is 47.4 Å². The molecule has 0 spiro atoms. The molecular formula is C22H19NOS. The molecule has 1 aliphatic rings.